The first-order valence-corrected chi connectivity index (χ1v) is 8.32. The van der Waals surface area contributed by atoms with E-state index >= 15 is 0 Å². The molecular weight excluding hydrogens is 338 g/mol. The summed E-state index contributed by atoms with van der Waals surface area (Å²) in [4.78, 5) is 23.8. The molecule has 0 spiro atoms. The maximum atomic E-state index is 12.2. The van der Waals surface area contributed by atoms with E-state index < -0.39 is 5.97 Å². The molecule has 4 nitrogen and oxygen atoms in total. The van der Waals surface area contributed by atoms with Crippen molar-refractivity contribution in [2.75, 3.05) is 12.4 Å². The van der Waals surface area contributed by atoms with Crippen LogP contribution in [0.5, 0.6) is 0 Å². The summed E-state index contributed by atoms with van der Waals surface area (Å²) in [5.41, 5.74) is 3.17. The molecular formula is C23H17NO3. The molecule has 0 fully saturated rings. The molecule has 1 N–H and O–H groups in total. The van der Waals surface area contributed by atoms with Crippen LogP contribution in [0.1, 0.15) is 31.8 Å². The van der Waals surface area contributed by atoms with Crippen LogP contribution in [0, 0.1) is 11.8 Å². The van der Waals surface area contributed by atoms with Crippen LogP contribution in [-0.2, 0) is 4.74 Å². The summed E-state index contributed by atoms with van der Waals surface area (Å²) in [5, 5.41) is 2.86. The summed E-state index contributed by atoms with van der Waals surface area (Å²) in [6, 6.07) is 23.2. The predicted molar refractivity (Wildman–Crippen MR) is 105 cm³/mol. The molecule has 27 heavy (non-hydrogen) atoms. The molecule has 3 aromatic rings. The van der Waals surface area contributed by atoms with E-state index in [0.29, 0.717) is 22.4 Å². The largest absolute Gasteiger partial charge is 0.465 e. The third-order valence-corrected chi connectivity index (χ3v) is 3.79. The van der Waals surface area contributed by atoms with Crippen LogP contribution >= 0.6 is 0 Å². The van der Waals surface area contributed by atoms with Crippen LogP contribution in [0.2, 0.25) is 0 Å². The van der Waals surface area contributed by atoms with Gasteiger partial charge in [0, 0.05) is 22.4 Å². The number of methoxy groups -OCH3 is 1. The molecule has 3 rings (SSSR count). The Morgan fingerprint density at radius 1 is 0.778 bits per heavy atom. The lowest BCUT2D eigenvalue weighted by atomic mass is 10.1. The second-order valence-electron chi connectivity index (χ2n) is 5.72. The summed E-state index contributed by atoms with van der Waals surface area (Å²) in [6.07, 6.45) is 0. The number of carbonyl (C=O) groups excluding carboxylic acids is 2. The van der Waals surface area contributed by atoms with E-state index in [1.807, 2.05) is 42.5 Å². The van der Waals surface area contributed by atoms with Gasteiger partial charge >= 0.3 is 5.97 Å². The highest BCUT2D eigenvalue weighted by molar-refractivity contribution is 6.04. The first-order valence-electron chi connectivity index (χ1n) is 8.32. The molecule has 0 saturated carbocycles. The number of ether oxygens (including phenoxy) is 1. The van der Waals surface area contributed by atoms with Gasteiger partial charge in [-0.15, -0.1) is 0 Å². The van der Waals surface area contributed by atoms with Crippen LogP contribution < -0.4 is 5.32 Å². The molecule has 0 aliphatic rings. The normalized spacial score (nSPS) is 9.67. The molecule has 0 aliphatic heterocycles. The third kappa shape index (κ3) is 4.83. The van der Waals surface area contributed by atoms with Crippen molar-refractivity contribution in [1.82, 2.24) is 0 Å². The number of benzene rings is 3. The van der Waals surface area contributed by atoms with Gasteiger partial charge in [-0.05, 0) is 48.5 Å². The van der Waals surface area contributed by atoms with E-state index in [4.69, 9.17) is 4.74 Å². The van der Waals surface area contributed by atoms with Gasteiger partial charge in [-0.3, -0.25) is 4.79 Å². The van der Waals surface area contributed by atoms with Gasteiger partial charge in [0.15, 0.2) is 0 Å². The van der Waals surface area contributed by atoms with Gasteiger partial charge in [0.05, 0.1) is 12.7 Å². The second kappa shape index (κ2) is 8.50. The number of hydrogen-bond donors (Lipinski definition) is 1. The average Bonchev–Trinajstić information content (AvgIpc) is 2.73. The predicted octanol–water partition coefficient (Wildman–Crippen LogP) is 4.13. The lowest BCUT2D eigenvalue weighted by molar-refractivity contribution is 0.0600. The van der Waals surface area contributed by atoms with Gasteiger partial charge in [0.1, 0.15) is 0 Å². The molecule has 0 saturated heterocycles. The standard InChI is InChI=1S/C23H17NO3/c1-27-23(26)20-11-5-7-17(15-20)13-14-18-8-6-12-21(16-18)24-22(25)19-9-3-2-4-10-19/h2-12,15-16H,1H3,(H,24,25). The Labute approximate surface area is 157 Å². The number of carbonyl (C=O) groups is 2. The van der Waals surface area contributed by atoms with Gasteiger partial charge in [0.25, 0.3) is 5.91 Å². The summed E-state index contributed by atoms with van der Waals surface area (Å²) in [5.74, 6) is 5.49. The number of nitrogens with one attached hydrogen (secondary N) is 1. The fraction of sp³-hybridized carbons (Fsp3) is 0.0435. The van der Waals surface area contributed by atoms with Gasteiger partial charge in [-0.2, -0.15) is 0 Å². The Balaban J connectivity index is 1.76. The van der Waals surface area contributed by atoms with Crippen molar-refractivity contribution in [3.8, 4) is 11.8 Å². The first-order chi connectivity index (χ1) is 13.2. The zero-order valence-corrected chi connectivity index (χ0v) is 14.7. The van der Waals surface area contributed by atoms with E-state index in [1.54, 1.807) is 36.4 Å². The lowest BCUT2D eigenvalue weighted by Gasteiger charge is -2.05. The highest BCUT2D eigenvalue weighted by Gasteiger charge is 2.06. The lowest BCUT2D eigenvalue weighted by Crippen LogP contribution is -2.11. The van der Waals surface area contributed by atoms with Gasteiger partial charge < -0.3 is 10.1 Å². The van der Waals surface area contributed by atoms with Crippen molar-refractivity contribution < 1.29 is 14.3 Å². The van der Waals surface area contributed by atoms with Gasteiger partial charge in [-0.1, -0.05) is 42.2 Å². The number of rotatable bonds is 3. The fourth-order valence-electron chi connectivity index (χ4n) is 2.45. The topological polar surface area (TPSA) is 55.4 Å². The summed E-state index contributed by atoms with van der Waals surface area (Å²) in [6.45, 7) is 0. The molecule has 0 aromatic heterocycles. The quantitative estimate of drug-likeness (QED) is 0.568. The minimum atomic E-state index is -0.399. The summed E-state index contributed by atoms with van der Waals surface area (Å²) in [7, 11) is 1.34. The van der Waals surface area contributed by atoms with Gasteiger partial charge in [-0.25, -0.2) is 4.79 Å². The zero-order chi connectivity index (χ0) is 19.1. The van der Waals surface area contributed by atoms with Gasteiger partial charge in [0.2, 0.25) is 0 Å². The molecule has 0 radical (unpaired) electrons. The molecule has 0 aliphatic carbocycles. The zero-order valence-electron chi connectivity index (χ0n) is 14.7. The van der Waals surface area contributed by atoms with E-state index in [0.717, 1.165) is 5.56 Å². The molecule has 0 unspecified atom stereocenters. The molecule has 1 amide bonds. The molecule has 3 aromatic carbocycles. The Hall–Kier alpha value is -3.84. The van der Waals surface area contributed by atoms with Crippen LogP contribution in [0.4, 0.5) is 5.69 Å². The van der Waals surface area contributed by atoms with Crippen molar-refractivity contribution in [2.45, 2.75) is 0 Å². The Morgan fingerprint density at radius 2 is 1.41 bits per heavy atom. The van der Waals surface area contributed by atoms with Crippen molar-refractivity contribution >= 4 is 17.6 Å². The molecule has 132 valence electrons. The highest BCUT2D eigenvalue weighted by atomic mass is 16.5. The maximum absolute atomic E-state index is 12.2. The van der Waals surface area contributed by atoms with E-state index in [-0.39, 0.29) is 5.91 Å². The highest BCUT2D eigenvalue weighted by Crippen LogP contribution is 2.12. The van der Waals surface area contributed by atoms with Crippen LogP contribution in [0.3, 0.4) is 0 Å². The smallest absolute Gasteiger partial charge is 0.337 e. The third-order valence-electron chi connectivity index (χ3n) is 3.79. The number of esters is 1. The molecule has 0 heterocycles. The van der Waals surface area contributed by atoms with Crippen LogP contribution in [-0.4, -0.2) is 19.0 Å². The van der Waals surface area contributed by atoms with Crippen molar-refractivity contribution in [3.05, 3.63) is 101 Å². The maximum Gasteiger partial charge on any atom is 0.337 e. The molecule has 0 atom stereocenters. The number of hydrogen-bond acceptors (Lipinski definition) is 3. The Bertz CT molecular complexity index is 1030. The molecule has 0 bridgehead atoms. The van der Waals surface area contributed by atoms with E-state index in [9.17, 15) is 9.59 Å². The molecule has 4 heteroatoms. The number of amides is 1. The van der Waals surface area contributed by atoms with Crippen molar-refractivity contribution in [2.24, 2.45) is 0 Å². The van der Waals surface area contributed by atoms with E-state index in [1.165, 1.54) is 7.11 Å². The summed E-state index contributed by atoms with van der Waals surface area (Å²) < 4.78 is 4.72. The Kier molecular flexibility index (Phi) is 5.66. The minimum absolute atomic E-state index is 0.175. The monoisotopic (exact) mass is 355 g/mol. The van der Waals surface area contributed by atoms with Crippen LogP contribution in [0.15, 0.2) is 78.9 Å². The van der Waals surface area contributed by atoms with Crippen molar-refractivity contribution in [1.29, 1.82) is 0 Å². The SMILES string of the molecule is COC(=O)c1cccc(C#Cc2cccc(NC(=O)c3ccccc3)c2)c1. The Morgan fingerprint density at radius 3 is 2.11 bits per heavy atom. The van der Waals surface area contributed by atoms with Crippen molar-refractivity contribution in [3.63, 3.8) is 0 Å². The minimum Gasteiger partial charge on any atom is -0.465 e. The van der Waals surface area contributed by atoms with E-state index in [2.05, 4.69) is 17.2 Å². The fourth-order valence-corrected chi connectivity index (χ4v) is 2.45. The number of anilines is 1. The summed E-state index contributed by atoms with van der Waals surface area (Å²) >= 11 is 0. The second-order valence-corrected chi connectivity index (χ2v) is 5.72. The van der Waals surface area contributed by atoms with Crippen LogP contribution in [0.25, 0.3) is 0 Å². The first kappa shape index (κ1) is 18.0. The average molecular weight is 355 g/mol.